The molecule has 0 aliphatic rings. The fourth-order valence-electron chi connectivity index (χ4n) is 3.39. The molecule has 132 valence electrons. The van der Waals surface area contributed by atoms with Gasteiger partial charge in [0.15, 0.2) is 21.2 Å². The monoisotopic (exact) mass is 466 g/mol. The summed E-state index contributed by atoms with van der Waals surface area (Å²) in [4.78, 5) is 12.1. The Morgan fingerprint density at radius 3 is 1.85 bits per heavy atom. The molecule has 0 radical (unpaired) electrons. The van der Waals surface area contributed by atoms with Crippen molar-refractivity contribution >= 4 is 37.9 Å². The molecule has 4 rings (SSSR count). The Kier molecular flexibility index (Phi) is 4.81. The highest BCUT2D eigenvalue weighted by atomic mass is 127. The van der Waals surface area contributed by atoms with Gasteiger partial charge in [-0.2, -0.15) is 0 Å². The molecule has 0 aliphatic carbocycles. The summed E-state index contributed by atoms with van der Waals surface area (Å²) in [5.41, 5.74) is 3.59. The molecule has 4 aromatic carbocycles. The fourth-order valence-corrected chi connectivity index (χ4v) is 4.83. The van der Waals surface area contributed by atoms with Gasteiger partial charge in [0, 0.05) is 0 Å². The third-order valence-electron chi connectivity index (χ3n) is 4.58. The van der Waals surface area contributed by atoms with Crippen molar-refractivity contribution in [3.8, 4) is 22.3 Å². The van der Waals surface area contributed by atoms with Gasteiger partial charge in [-0.05, 0) is 39.1 Å². The minimum absolute atomic E-state index is 0.140. The summed E-state index contributed by atoms with van der Waals surface area (Å²) in [6, 6.07) is 27.0. The van der Waals surface area contributed by atoms with E-state index in [9.17, 15) is 13.0 Å². The van der Waals surface area contributed by atoms with Gasteiger partial charge in [0.1, 0.15) is 0 Å². The van der Waals surface area contributed by atoms with Crippen LogP contribution in [0.5, 0.6) is 0 Å². The highest BCUT2D eigenvalue weighted by molar-refractivity contribution is 14.1. The minimum Gasteiger partial charge on any atom is -0.478 e. The van der Waals surface area contributed by atoms with Crippen molar-refractivity contribution in [1.82, 2.24) is 0 Å². The number of halogens is 1. The Labute approximate surface area is 166 Å². The molecule has 0 atom stereocenters. The van der Waals surface area contributed by atoms with Crippen molar-refractivity contribution in [2.75, 3.05) is 0 Å². The Hall–Kier alpha value is -2.86. The number of hydrogen-bond donors (Lipinski definition) is 1. The summed E-state index contributed by atoms with van der Waals surface area (Å²) in [6.07, 6.45) is 0. The summed E-state index contributed by atoms with van der Waals surface area (Å²) in [5, 5.41) is 11.5. The van der Waals surface area contributed by atoms with Gasteiger partial charge in [-0.1, -0.05) is 78.9 Å². The van der Waals surface area contributed by atoms with Gasteiger partial charge in [-0.25, -0.2) is 4.79 Å². The van der Waals surface area contributed by atoms with E-state index in [1.165, 1.54) is 0 Å². The third-order valence-corrected chi connectivity index (χ3v) is 6.14. The molecular formula is C23H15IO3. The predicted molar refractivity (Wildman–Crippen MR) is 115 cm³/mol. The maximum atomic E-state index is 12.1. The smallest absolute Gasteiger partial charge is 0.337 e. The van der Waals surface area contributed by atoms with E-state index in [-0.39, 0.29) is 5.56 Å². The summed E-state index contributed by atoms with van der Waals surface area (Å²) in [6.45, 7) is 0. The number of aromatic carboxylic acids is 1. The van der Waals surface area contributed by atoms with Gasteiger partial charge in [0.2, 0.25) is 0 Å². The van der Waals surface area contributed by atoms with E-state index in [0.29, 0.717) is 9.13 Å². The van der Waals surface area contributed by atoms with Crippen LogP contribution in [0.3, 0.4) is 0 Å². The van der Waals surface area contributed by atoms with Crippen LogP contribution in [0.4, 0.5) is 0 Å². The largest absolute Gasteiger partial charge is 0.478 e. The highest BCUT2D eigenvalue weighted by Gasteiger charge is 2.21. The van der Waals surface area contributed by atoms with Gasteiger partial charge in [0.05, 0.1) is 9.13 Å². The van der Waals surface area contributed by atoms with E-state index in [1.54, 1.807) is 0 Å². The molecule has 4 heteroatoms. The normalized spacial score (nSPS) is 10.8. The van der Waals surface area contributed by atoms with Crippen LogP contribution in [0.15, 0.2) is 84.9 Å². The van der Waals surface area contributed by atoms with Crippen LogP contribution < -0.4 is 0 Å². The van der Waals surface area contributed by atoms with E-state index in [4.69, 9.17) is 0 Å². The first-order chi connectivity index (χ1) is 13.2. The predicted octanol–water partition coefficient (Wildman–Crippen LogP) is 6.36. The van der Waals surface area contributed by atoms with Gasteiger partial charge in [-0.3, -0.25) is 3.07 Å². The Bertz CT molecular complexity index is 1150. The Morgan fingerprint density at radius 2 is 1.30 bits per heavy atom. The van der Waals surface area contributed by atoms with Gasteiger partial charge < -0.3 is 5.11 Å². The molecule has 0 aliphatic heterocycles. The van der Waals surface area contributed by atoms with Crippen molar-refractivity contribution in [2.24, 2.45) is 0 Å². The maximum absolute atomic E-state index is 12.1. The first-order valence-corrected chi connectivity index (χ1v) is 10.4. The van der Waals surface area contributed by atoms with Crippen LogP contribution in [0.2, 0.25) is 0 Å². The van der Waals surface area contributed by atoms with Crippen LogP contribution in [0.1, 0.15) is 10.4 Å². The summed E-state index contributed by atoms with van der Waals surface area (Å²) in [7, 11) is 0. The number of hydrogen-bond acceptors (Lipinski definition) is 2. The number of fused-ring (bicyclic) bond motifs is 1. The maximum Gasteiger partial charge on any atom is 0.337 e. The zero-order valence-electron chi connectivity index (χ0n) is 14.2. The number of carboxylic acids is 1. The third kappa shape index (κ3) is 3.17. The Balaban J connectivity index is 2.15. The van der Waals surface area contributed by atoms with Crippen molar-refractivity contribution in [3.63, 3.8) is 0 Å². The molecule has 0 saturated heterocycles. The molecule has 1 N–H and O–H groups in total. The van der Waals surface area contributed by atoms with Gasteiger partial charge >= 0.3 is 5.97 Å². The average molecular weight is 466 g/mol. The van der Waals surface area contributed by atoms with E-state index in [2.05, 4.69) is 0 Å². The topological polar surface area (TPSA) is 54.4 Å². The molecule has 4 aromatic rings. The molecule has 3 nitrogen and oxygen atoms in total. The molecule has 0 amide bonds. The standard InChI is InChI=1S/C23H15IO3/c25-23(26)21-19(16-10-5-2-6-11-16)14-20-17(15-8-3-1-4-9-15)12-7-13-18(20)22(21)24-27/h1-14H,(H,25,26). The second kappa shape index (κ2) is 7.40. The molecule has 0 saturated carbocycles. The second-order valence-electron chi connectivity index (χ2n) is 6.13. The van der Waals surface area contributed by atoms with Crippen molar-refractivity contribution in [1.29, 1.82) is 0 Å². The zero-order chi connectivity index (χ0) is 18.8. The SMILES string of the molecule is O=Ic1c(C(=O)O)c(-c2ccccc2)cc2c(-c3ccccc3)cccc12. The lowest BCUT2D eigenvalue weighted by atomic mass is 9.91. The lowest BCUT2D eigenvalue weighted by molar-refractivity contribution is 0.0696. The van der Waals surface area contributed by atoms with Crippen LogP contribution in [0, 0.1) is 3.57 Å². The van der Waals surface area contributed by atoms with E-state index < -0.39 is 27.2 Å². The van der Waals surface area contributed by atoms with Crippen molar-refractivity contribution < 1.29 is 13.0 Å². The number of carboxylic acid groups (broad SMARTS) is 1. The van der Waals surface area contributed by atoms with E-state index in [0.717, 1.165) is 27.5 Å². The van der Waals surface area contributed by atoms with Gasteiger partial charge in [-0.15, -0.1) is 0 Å². The first kappa shape index (κ1) is 17.5. The molecule has 0 unspecified atom stereocenters. The molecule has 0 spiro atoms. The zero-order valence-corrected chi connectivity index (χ0v) is 16.4. The summed E-state index contributed by atoms with van der Waals surface area (Å²) >= 11 is -1.67. The summed E-state index contributed by atoms with van der Waals surface area (Å²) in [5.74, 6) is -1.05. The van der Waals surface area contributed by atoms with Crippen LogP contribution in [-0.2, 0) is 3.07 Å². The summed E-state index contributed by atoms with van der Waals surface area (Å²) < 4.78 is 12.6. The quantitative estimate of drug-likeness (QED) is 0.357. The fraction of sp³-hybridized carbons (Fsp3) is 0. The Morgan fingerprint density at radius 1 is 0.704 bits per heavy atom. The van der Waals surface area contributed by atoms with Crippen LogP contribution in [-0.4, -0.2) is 11.1 Å². The van der Waals surface area contributed by atoms with Gasteiger partial charge in [0.25, 0.3) is 0 Å². The minimum atomic E-state index is -1.67. The van der Waals surface area contributed by atoms with E-state index in [1.807, 2.05) is 84.9 Å². The molecule has 27 heavy (non-hydrogen) atoms. The van der Waals surface area contributed by atoms with E-state index >= 15 is 0 Å². The van der Waals surface area contributed by atoms with Crippen molar-refractivity contribution in [2.45, 2.75) is 0 Å². The molecular weight excluding hydrogens is 451 g/mol. The molecule has 0 aromatic heterocycles. The lowest BCUT2D eigenvalue weighted by Gasteiger charge is -2.14. The first-order valence-electron chi connectivity index (χ1n) is 8.41. The molecule has 0 heterocycles. The lowest BCUT2D eigenvalue weighted by Crippen LogP contribution is -2.04. The number of rotatable bonds is 4. The van der Waals surface area contributed by atoms with Crippen LogP contribution in [0.25, 0.3) is 33.0 Å². The van der Waals surface area contributed by atoms with Crippen LogP contribution >= 0.6 is 21.2 Å². The molecule has 0 fully saturated rings. The molecule has 0 bridgehead atoms. The second-order valence-corrected chi connectivity index (χ2v) is 7.65. The number of carbonyl (C=O) groups is 1. The average Bonchev–Trinajstić information content (AvgIpc) is 2.73. The highest BCUT2D eigenvalue weighted by Crippen LogP contribution is 2.39. The number of benzene rings is 4. The van der Waals surface area contributed by atoms with Crippen molar-refractivity contribution in [3.05, 3.63) is 94.1 Å².